The molecule has 0 saturated carbocycles. The number of anilines is 2. The summed E-state index contributed by atoms with van der Waals surface area (Å²) in [5, 5.41) is 0. The van der Waals surface area contributed by atoms with Crippen molar-refractivity contribution in [3.05, 3.63) is 89.5 Å². The lowest BCUT2D eigenvalue weighted by Crippen LogP contribution is -2.36. The first-order valence-corrected chi connectivity index (χ1v) is 12.3. The Morgan fingerprint density at radius 1 is 0.829 bits per heavy atom. The van der Waals surface area contributed by atoms with Crippen LogP contribution in [0.1, 0.15) is 34.3 Å². The van der Waals surface area contributed by atoms with E-state index in [4.69, 9.17) is 25.7 Å². The molecular weight excluding hydrogens is 551 g/mol. The SMILES string of the molecule is Nc1ccc(CCOC(=O)C=Cc2ccc(C(=O)Oc3ccc(OCCCC(F)(F)C(F)(F)F)cc3)cc2)c(N)c1. The molecule has 218 valence electrons. The molecule has 0 radical (unpaired) electrons. The molecule has 41 heavy (non-hydrogen) atoms. The number of hydrogen-bond donors (Lipinski definition) is 2. The molecule has 0 atom stereocenters. The Morgan fingerprint density at radius 3 is 2.12 bits per heavy atom. The summed E-state index contributed by atoms with van der Waals surface area (Å²) in [4.78, 5) is 24.4. The third-order valence-corrected chi connectivity index (χ3v) is 5.70. The fourth-order valence-corrected chi connectivity index (χ4v) is 3.44. The third-order valence-electron chi connectivity index (χ3n) is 5.70. The first kappa shape index (κ1) is 30.9. The number of ether oxygens (including phenoxy) is 3. The molecule has 0 aliphatic heterocycles. The van der Waals surface area contributed by atoms with Crippen LogP contribution in [0.15, 0.2) is 72.8 Å². The van der Waals surface area contributed by atoms with E-state index in [1.54, 1.807) is 30.3 Å². The molecule has 0 bridgehead atoms. The maximum Gasteiger partial charge on any atom is 0.453 e. The monoisotopic (exact) mass is 578 g/mol. The average Bonchev–Trinajstić information content (AvgIpc) is 2.91. The zero-order valence-corrected chi connectivity index (χ0v) is 21.6. The largest absolute Gasteiger partial charge is 0.494 e. The van der Waals surface area contributed by atoms with Crippen LogP contribution < -0.4 is 20.9 Å². The molecule has 0 amide bonds. The molecule has 7 nitrogen and oxygen atoms in total. The quantitative estimate of drug-likeness (QED) is 0.0655. The molecule has 0 aromatic heterocycles. The van der Waals surface area contributed by atoms with Gasteiger partial charge in [-0.15, -0.1) is 0 Å². The van der Waals surface area contributed by atoms with E-state index in [1.807, 2.05) is 0 Å². The molecule has 0 fully saturated rings. The minimum atomic E-state index is -5.60. The second-order valence-corrected chi connectivity index (χ2v) is 8.85. The molecule has 3 rings (SSSR count). The Kier molecular flexibility index (Phi) is 10.3. The highest BCUT2D eigenvalue weighted by molar-refractivity contribution is 5.91. The number of nitrogens with two attached hydrogens (primary N) is 2. The molecule has 0 spiro atoms. The molecule has 12 heteroatoms. The van der Waals surface area contributed by atoms with Gasteiger partial charge in [0.05, 0.1) is 18.8 Å². The number of carbonyl (C=O) groups is 2. The molecule has 0 aliphatic rings. The van der Waals surface area contributed by atoms with Crippen LogP contribution in [0.4, 0.5) is 33.3 Å². The van der Waals surface area contributed by atoms with Gasteiger partial charge in [-0.2, -0.15) is 22.0 Å². The molecular formula is C29H27F5N2O5. The number of rotatable bonds is 12. The predicted octanol–water partition coefficient (Wildman–Crippen LogP) is 6.23. The van der Waals surface area contributed by atoms with Crippen molar-refractivity contribution in [2.75, 3.05) is 24.7 Å². The summed E-state index contributed by atoms with van der Waals surface area (Å²) in [6.45, 7) is -0.210. The van der Waals surface area contributed by atoms with Gasteiger partial charge in [0.15, 0.2) is 0 Å². The van der Waals surface area contributed by atoms with E-state index in [-0.39, 0.29) is 30.3 Å². The first-order valence-electron chi connectivity index (χ1n) is 12.3. The first-order chi connectivity index (χ1) is 19.3. The zero-order valence-electron chi connectivity index (χ0n) is 21.6. The van der Waals surface area contributed by atoms with Crippen LogP contribution in [0.3, 0.4) is 0 Å². The van der Waals surface area contributed by atoms with Gasteiger partial charge < -0.3 is 25.7 Å². The number of carbonyl (C=O) groups excluding carboxylic acids is 2. The third kappa shape index (κ3) is 9.52. The normalized spacial score (nSPS) is 11.8. The average molecular weight is 579 g/mol. The van der Waals surface area contributed by atoms with E-state index in [2.05, 4.69) is 0 Å². The number of benzene rings is 3. The molecule has 0 unspecified atom stereocenters. The van der Waals surface area contributed by atoms with Crippen molar-refractivity contribution in [3.8, 4) is 11.5 Å². The smallest absolute Gasteiger partial charge is 0.453 e. The van der Waals surface area contributed by atoms with Gasteiger partial charge >= 0.3 is 24.0 Å². The van der Waals surface area contributed by atoms with Crippen molar-refractivity contribution in [1.82, 2.24) is 0 Å². The molecule has 3 aromatic carbocycles. The number of halogens is 5. The second-order valence-electron chi connectivity index (χ2n) is 8.85. The summed E-state index contributed by atoms with van der Waals surface area (Å²) in [6, 6.07) is 16.9. The van der Waals surface area contributed by atoms with E-state index in [0.29, 0.717) is 23.4 Å². The molecule has 0 heterocycles. The van der Waals surface area contributed by atoms with Crippen molar-refractivity contribution in [2.24, 2.45) is 0 Å². The van der Waals surface area contributed by atoms with Crippen LogP contribution in [-0.2, 0) is 16.0 Å². The molecule has 0 saturated heterocycles. The Hall–Kier alpha value is -4.61. The topological polar surface area (TPSA) is 114 Å². The number of esters is 2. The minimum Gasteiger partial charge on any atom is -0.494 e. The van der Waals surface area contributed by atoms with Gasteiger partial charge in [0.2, 0.25) is 0 Å². The number of nitrogen functional groups attached to an aromatic ring is 2. The molecule has 4 N–H and O–H groups in total. The number of hydrogen-bond acceptors (Lipinski definition) is 7. The maximum atomic E-state index is 12.9. The standard InChI is InChI=1S/C29H27F5N2O5/c30-28(31,29(32,33)34)15-1-16-39-23-9-11-24(12-10-23)41-27(38)21-5-2-19(3-6-21)4-13-26(37)40-17-14-20-7-8-22(35)18-25(20)36/h2-13,18H,1,14-17,35-36H2. The van der Waals surface area contributed by atoms with Crippen molar-refractivity contribution in [3.63, 3.8) is 0 Å². The van der Waals surface area contributed by atoms with Gasteiger partial charge in [0.1, 0.15) is 11.5 Å². The van der Waals surface area contributed by atoms with Gasteiger partial charge in [0, 0.05) is 30.3 Å². The summed E-state index contributed by atoms with van der Waals surface area (Å²) in [5.41, 5.74) is 14.3. The second kappa shape index (κ2) is 13.6. The minimum absolute atomic E-state index is 0.135. The van der Waals surface area contributed by atoms with Crippen LogP contribution in [0, 0.1) is 0 Å². The zero-order chi connectivity index (χ0) is 30.0. The van der Waals surface area contributed by atoms with Gasteiger partial charge in [-0.25, -0.2) is 9.59 Å². The fourth-order valence-electron chi connectivity index (χ4n) is 3.44. The van der Waals surface area contributed by atoms with Gasteiger partial charge in [-0.3, -0.25) is 0 Å². The summed E-state index contributed by atoms with van der Waals surface area (Å²) in [7, 11) is 0. The highest BCUT2D eigenvalue weighted by Crippen LogP contribution is 2.38. The van der Waals surface area contributed by atoms with Crippen molar-refractivity contribution in [1.29, 1.82) is 0 Å². The van der Waals surface area contributed by atoms with Gasteiger partial charge in [-0.1, -0.05) is 18.2 Å². The van der Waals surface area contributed by atoms with Crippen molar-refractivity contribution in [2.45, 2.75) is 31.4 Å². The summed E-state index contributed by atoms with van der Waals surface area (Å²) in [5.74, 6) is -5.61. The van der Waals surface area contributed by atoms with Crippen LogP contribution in [0.2, 0.25) is 0 Å². The lowest BCUT2D eigenvalue weighted by atomic mass is 10.1. The number of alkyl halides is 5. The predicted molar refractivity (Wildman–Crippen MR) is 143 cm³/mol. The van der Waals surface area contributed by atoms with Crippen LogP contribution >= 0.6 is 0 Å². The van der Waals surface area contributed by atoms with Crippen LogP contribution in [0.25, 0.3) is 6.08 Å². The fraction of sp³-hybridized carbons (Fsp3) is 0.241. The summed E-state index contributed by atoms with van der Waals surface area (Å²) in [6.07, 6.45) is -4.27. The lowest BCUT2D eigenvalue weighted by molar-refractivity contribution is -0.284. The lowest BCUT2D eigenvalue weighted by Gasteiger charge is -2.19. The van der Waals surface area contributed by atoms with Gasteiger partial charge in [0.25, 0.3) is 0 Å². The Bertz CT molecular complexity index is 1360. The summed E-state index contributed by atoms with van der Waals surface area (Å²) < 4.78 is 78.0. The highest BCUT2D eigenvalue weighted by Gasteiger charge is 2.56. The maximum absolute atomic E-state index is 12.9. The van der Waals surface area contributed by atoms with Crippen molar-refractivity contribution < 1.29 is 45.8 Å². The Morgan fingerprint density at radius 2 is 1.49 bits per heavy atom. The van der Waals surface area contributed by atoms with E-state index in [9.17, 15) is 31.5 Å². The van der Waals surface area contributed by atoms with E-state index < -0.39 is 36.9 Å². The van der Waals surface area contributed by atoms with E-state index in [0.717, 1.165) is 5.56 Å². The van der Waals surface area contributed by atoms with E-state index in [1.165, 1.54) is 48.6 Å². The van der Waals surface area contributed by atoms with Crippen molar-refractivity contribution >= 4 is 29.4 Å². The summed E-state index contributed by atoms with van der Waals surface area (Å²) >= 11 is 0. The van der Waals surface area contributed by atoms with Crippen LogP contribution in [0.5, 0.6) is 11.5 Å². The molecule has 3 aromatic rings. The molecule has 0 aliphatic carbocycles. The van der Waals surface area contributed by atoms with Crippen LogP contribution in [-0.4, -0.2) is 37.3 Å². The van der Waals surface area contributed by atoms with E-state index >= 15 is 0 Å². The Balaban J connectivity index is 1.41. The Labute approximate surface area is 232 Å². The highest BCUT2D eigenvalue weighted by atomic mass is 19.4. The van der Waals surface area contributed by atoms with Gasteiger partial charge in [-0.05, 0) is 72.2 Å².